The van der Waals surface area contributed by atoms with Gasteiger partial charge in [0.25, 0.3) is 0 Å². The Morgan fingerprint density at radius 3 is 2.17 bits per heavy atom. The van der Waals surface area contributed by atoms with E-state index in [0.717, 1.165) is 28.8 Å². The van der Waals surface area contributed by atoms with Crippen LogP contribution in [0.25, 0.3) is 11.1 Å². The van der Waals surface area contributed by atoms with Crippen molar-refractivity contribution in [1.82, 2.24) is 0 Å². The van der Waals surface area contributed by atoms with E-state index in [0.29, 0.717) is 13.2 Å². The second-order valence-electron chi connectivity index (χ2n) is 5.04. The van der Waals surface area contributed by atoms with Crippen molar-refractivity contribution in [3.8, 4) is 11.1 Å². The summed E-state index contributed by atoms with van der Waals surface area (Å²) in [4.78, 5) is 0. The summed E-state index contributed by atoms with van der Waals surface area (Å²) in [5.41, 5.74) is 3.95. The Morgan fingerprint density at radius 2 is 1.61 bits per heavy atom. The molecule has 0 heterocycles. The molecule has 0 amide bonds. The van der Waals surface area contributed by atoms with Crippen LogP contribution in [0.4, 0.5) is 5.69 Å². The van der Waals surface area contributed by atoms with Crippen LogP contribution in [-0.2, 0) is 20.0 Å². The van der Waals surface area contributed by atoms with E-state index < -0.39 is 7.75 Å². The van der Waals surface area contributed by atoms with Gasteiger partial charge in [0.15, 0.2) is 0 Å². The number of hydrogen-bond acceptors (Lipinski definition) is 3. The lowest BCUT2D eigenvalue weighted by molar-refractivity contribution is 0.225. The maximum Gasteiger partial charge on any atom is 0.432 e. The predicted octanol–water partition coefficient (Wildman–Crippen LogP) is 5.51. The smallest absolute Gasteiger partial charge is 0.293 e. The Hall–Kier alpha value is -1.61. The van der Waals surface area contributed by atoms with Crippen molar-refractivity contribution in [3.63, 3.8) is 0 Å². The predicted molar refractivity (Wildman–Crippen MR) is 95.7 cm³/mol. The number of nitrogens with one attached hydrogen (secondary N) is 1. The fourth-order valence-corrected chi connectivity index (χ4v) is 3.73. The van der Waals surface area contributed by atoms with Crippen LogP contribution in [0, 0.1) is 0 Å². The first-order valence-electron chi connectivity index (χ1n) is 7.97. The van der Waals surface area contributed by atoms with Crippen LogP contribution in [0.15, 0.2) is 48.5 Å². The lowest BCUT2D eigenvalue weighted by Crippen LogP contribution is -2.06. The maximum absolute atomic E-state index is 12.8. The van der Waals surface area contributed by atoms with Crippen LogP contribution < -0.4 is 5.09 Å². The van der Waals surface area contributed by atoms with Gasteiger partial charge in [-0.1, -0.05) is 49.4 Å². The molecule has 0 saturated heterocycles. The summed E-state index contributed by atoms with van der Waals surface area (Å²) in [6, 6.07) is 16.1. The molecule has 0 aliphatic rings. The second-order valence-corrected chi connectivity index (χ2v) is 6.78. The third-order valence-corrected chi connectivity index (χ3v) is 5.14. The Morgan fingerprint density at radius 1 is 0.957 bits per heavy atom. The van der Waals surface area contributed by atoms with Crippen LogP contribution in [0.5, 0.6) is 0 Å². The van der Waals surface area contributed by atoms with E-state index in [1.807, 2.05) is 42.5 Å². The van der Waals surface area contributed by atoms with Gasteiger partial charge in [0.05, 0.1) is 18.9 Å². The molecule has 0 bridgehead atoms. The Labute approximate surface area is 138 Å². The highest BCUT2D eigenvalue weighted by atomic mass is 31.2. The zero-order valence-electron chi connectivity index (χ0n) is 13.9. The zero-order chi connectivity index (χ0) is 16.7. The molecule has 2 aromatic rings. The van der Waals surface area contributed by atoms with E-state index in [2.05, 4.69) is 18.1 Å². The van der Waals surface area contributed by atoms with Crippen LogP contribution in [-0.4, -0.2) is 13.2 Å². The van der Waals surface area contributed by atoms with Crippen LogP contribution >= 0.6 is 7.75 Å². The van der Waals surface area contributed by atoms with E-state index in [4.69, 9.17) is 9.05 Å². The lowest BCUT2D eigenvalue weighted by Gasteiger charge is -2.21. The molecule has 0 aliphatic heterocycles. The van der Waals surface area contributed by atoms with Gasteiger partial charge in [-0.2, -0.15) is 0 Å². The second kappa shape index (κ2) is 8.30. The summed E-state index contributed by atoms with van der Waals surface area (Å²) in [7, 11) is -3.37. The highest BCUT2D eigenvalue weighted by Gasteiger charge is 2.25. The minimum atomic E-state index is -3.37. The molecule has 124 valence electrons. The summed E-state index contributed by atoms with van der Waals surface area (Å²) in [5.74, 6) is 0. The van der Waals surface area contributed by atoms with E-state index in [1.54, 1.807) is 13.8 Å². The number of benzene rings is 2. The van der Waals surface area contributed by atoms with Crippen molar-refractivity contribution in [3.05, 3.63) is 54.1 Å². The highest BCUT2D eigenvalue weighted by Crippen LogP contribution is 2.49. The average Bonchev–Trinajstić information content (AvgIpc) is 2.56. The summed E-state index contributed by atoms with van der Waals surface area (Å²) >= 11 is 0. The van der Waals surface area contributed by atoms with Gasteiger partial charge < -0.3 is 0 Å². The van der Waals surface area contributed by atoms with Gasteiger partial charge in [-0.05, 0) is 37.5 Å². The summed E-state index contributed by atoms with van der Waals surface area (Å²) in [6.07, 6.45) is 0.900. The Bertz CT molecular complexity index is 663. The fourth-order valence-electron chi connectivity index (χ4n) is 2.36. The maximum atomic E-state index is 12.8. The van der Waals surface area contributed by atoms with Crippen LogP contribution in [0.3, 0.4) is 0 Å². The quantitative estimate of drug-likeness (QED) is 0.647. The van der Waals surface area contributed by atoms with Gasteiger partial charge in [0.1, 0.15) is 0 Å². The van der Waals surface area contributed by atoms with Crippen molar-refractivity contribution >= 4 is 13.4 Å². The molecular weight excluding hydrogens is 309 g/mol. The third kappa shape index (κ3) is 4.68. The molecule has 0 unspecified atom stereocenters. The molecule has 4 nitrogen and oxygen atoms in total. The van der Waals surface area contributed by atoms with E-state index in [1.165, 1.54) is 0 Å². The average molecular weight is 333 g/mol. The lowest BCUT2D eigenvalue weighted by atomic mass is 10.0. The Kier molecular flexibility index (Phi) is 6.40. The first-order valence-corrected chi connectivity index (χ1v) is 9.51. The Balaban J connectivity index is 2.44. The summed E-state index contributed by atoms with van der Waals surface area (Å²) < 4.78 is 23.5. The van der Waals surface area contributed by atoms with E-state index >= 15 is 0 Å². The molecule has 0 saturated carbocycles. The van der Waals surface area contributed by atoms with Crippen molar-refractivity contribution in [2.24, 2.45) is 0 Å². The first-order chi connectivity index (χ1) is 11.1. The van der Waals surface area contributed by atoms with Gasteiger partial charge in [-0.3, -0.25) is 14.1 Å². The monoisotopic (exact) mass is 333 g/mol. The molecule has 0 spiro atoms. The number of aryl methyl sites for hydroxylation is 1. The number of anilines is 1. The molecule has 1 N–H and O–H groups in total. The molecule has 0 aliphatic carbocycles. The minimum absolute atomic E-state index is 0.318. The molecule has 0 fully saturated rings. The van der Waals surface area contributed by atoms with Gasteiger partial charge in [-0.15, -0.1) is 0 Å². The largest absolute Gasteiger partial charge is 0.432 e. The summed E-state index contributed by atoms with van der Waals surface area (Å²) in [5, 5.41) is 3.01. The molecule has 23 heavy (non-hydrogen) atoms. The fraction of sp³-hybridized carbons (Fsp3) is 0.333. The normalized spacial score (nSPS) is 11.4. The van der Waals surface area contributed by atoms with Crippen LogP contribution in [0.2, 0.25) is 0 Å². The minimum Gasteiger partial charge on any atom is -0.293 e. The van der Waals surface area contributed by atoms with Gasteiger partial charge in [0.2, 0.25) is 0 Å². The molecule has 0 radical (unpaired) electrons. The van der Waals surface area contributed by atoms with E-state index in [9.17, 15) is 4.57 Å². The SMILES string of the molecule is CCOP(=O)(Nc1cc(CC)ccc1-c1ccccc1)OCC. The third-order valence-electron chi connectivity index (χ3n) is 3.43. The van der Waals surface area contributed by atoms with Gasteiger partial charge >= 0.3 is 7.75 Å². The molecular formula is C18H24NO3P. The topological polar surface area (TPSA) is 47.6 Å². The molecule has 0 atom stereocenters. The van der Waals surface area contributed by atoms with Crippen molar-refractivity contribution < 1.29 is 13.6 Å². The van der Waals surface area contributed by atoms with Gasteiger partial charge in [-0.25, -0.2) is 4.57 Å². The van der Waals surface area contributed by atoms with Crippen molar-refractivity contribution in [2.75, 3.05) is 18.3 Å². The standard InChI is InChI=1S/C18H24NO3P/c1-4-15-12-13-17(16-10-8-7-9-11-16)18(14-15)19-23(20,21-5-2)22-6-3/h7-14H,4-6H2,1-3H3,(H,19,20). The molecule has 2 rings (SSSR count). The number of hydrogen-bond donors (Lipinski definition) is 1. The van der Waals surface area contributed by atoms with E-state index in [-0.39, 0.29) is 0 Å². The van der Waals surface area contributed by atoms with Crippen molar-refractivity contribution in [1.29, 1.82) is 0 Å². The molecule has 5 heteroatoms. The van der Waals surface area contributed by atoms with Crippen molar-refractivity contribution in [2.45, 2.75) is 27.2 Å². The molecule has 0 aromatic heterocycles. The molecule has 2 aromatic carbocycles. The first kappa shape index (κ1) is 17.7. The van der Waals surface area contributed by atoms with Gasteiger partial charge in [0, 0.05) is 5.56 Å². The zero-order valence-corrected chi connectivity index (χ0v) is 14.8. The van der Waals surface area contributed by atoms with Crippen LogP contribution in [0.1, 0.15) is 26.3 Å². The highest BCUT2D eigenvalue weighted by molar-refractivity contribution is 7.55. The summed E-state index contributed by atoms with van der Waals surface area (Å²) in [6.45, 7) is 6.32. The number of rotatable bonds is 8.